The predicted octanol–water partition coefficient (Wildman–Crippen LogP) is 1.13. The van der Waals surface area contributed by atoms with Crippen molar-refractivity contribution < 1.29 is 14.1 Å². The Balaban J connectivity index is 1.42. The van der Waals surface area contributed by atoms with Crippen LogP contribution in [0.4, 0.5) is 10.1 Å². The summed E-state index contributed by atoms with van der Waals surface area (Å²) in [6.45, 7) is 5.90. The van der Waals surface area contributed by atoms with Crippen molar-refractivity contribution in [3.63, 3.8) is 0 Å². The molecule has 3 rings (SSSR count). The maximum Gasteiger partial charge on any atom is 0.277 e. The van der Waals surface area contributed by atoms with Crippen molar-refractivity contribution in [1.29, 1.82) is 0 Å². The van der Waals surface area contributed by atoms with Gasteiger partial charge < -0.3 is 20.0 Å². The molecule has 2 N–H and O–H groups in total. The number of hydrogen-bond donors (Lipinski definition) is 2. The lowest BCUT2D eigenvalue weighted by Crippen LogP contribution is -3.15. The van der Waals surface area contributed by atoms with E-state index < -0.39 is 0 Å². The van der Waals surface area contributed by atoms with Gasteiger partial charge in [0.05, 0.1) is 26.2 Å². The lowest BCUT2D eigenvalue weighted by atomic mass is 10.2. The van der Waals surface area contributed by atoms with Crippen molar-refractivity contribution in [3.8, 4) is 0 Å². The lowest BCUT2D eigenvalue weighted by Gasteiger charge is -2.34. The Morgan fingerprint density at radius 2 is 1.62 bits per heavy atom. The van der Waals surface area contributed by atoms with Crippen LogP contribution in [0.15, 0.2) is 24.3 Å². The Labute approximate surface area is 160 Å². The van der Waals surface area contributed by atoms with E-state index in [1.807, 2.05) is 4.90 Å². The van der Waals surface area contributed by atoms with Crippen LogP contribution in [0, 0.1) is 5.82 Å². The number of benzene rings is 1. The minimum Gasteiger partial charge on any atom is -0.338 e. The van der Waals surface area contributed by atoms with Gasteiger partial charge in [-0.15, -0.1) is 0 Å². The molecule has 1 amide bonds. The Hall–Kier alpha value is -1.73. The van der Waals surface area contributed by atoms with Gasteiger partial charge in [-0.05, 0) is 49.3 Å². The lowest BCUT2D eigenvalue weighted by molar-refractivity contribution is -0.896. The maximum atomic E-state index is 13.0. The molecular formula is C19H28FN4OS+. The third kappa shape index (κ3) is 5.38. The van der Waals surface area contributed by atoms with Crippen molar-refractivity contribution in [2.45, 2.75) is 25.7 Å². The molecule has 1 aromatic rings. The van der Waals surface area contributed by atoms with Crippen molar-refractivity contribution >= 4 is 28.9 Å². The summed E-state index contributed by atoms with van der Waals surface area (Å²) >= 11 is 5.47. The summed E-state index contributed by atoms with van der Waals surface area (Å²) in [5.41, 5.74) is 0.794. The first-order valence-electron chi connectivity index (χ1n) is 9.54. The van der Waals surface area contributed by atoms with Gasteiger partial charge in [0.25, 0.3) is 5.91 Å². The summed E-state index contributed by atoms with van der Waals surface area (Å²) < 4.78 is 13.0. The van der Waals surface area contributed by atoms with E-state index in [2.05, 4.69) is 10.2 Å². The highest BCUT2D eigenvalue weighted by Gasteiger charge is 2.26. The number of thiocarbonyl (C=S) groups is 1. The number of nitrogens with zero attached hydrogens (tertiary/aromatic N) is 2. The maximum absolute atomic E-state index is 13.0. The number of nitrogens with one attached hydrogen (secondary N) is 2. The second-order valence-electron chi connectivity index (χ2n) is 7.15. The average molecular weight is 380 g/mol. The van der Waals surface area contributed by atoms with Crippen molar-refractivity contribution in [2.24, 2.45) is 0 Å². The molecule has 0 bridgehead atoms. The number of piperazine rings is 1. The van der Waals surface area contributed by atoms with Crippen molar-refractivity contribution in [1.82, 2.24) is 9.80 Å². The van der Waals surface area contributed by atoms with Crippen LogP contribution in [0.2, 0.25) is 0 Å². The Kier molecular flexibility index (Phi) is 6.80. The fourth-order valence-corrected chi connectivity index (χ4v) is 3.88. The number of anilines is 1. The zero-order chi connectivity index (χ0) is 18.4. The van der Waals surface area contributed by atoms with Crippen LogP contribution >= 0.6 is 12.2 Å². The normalized spacial score (nSPS) is 19.1. The molecule has 0 spiro atoms. The largest absolute Gasteiger partial charge is 0.338 e. The van der Waals surface area contributed by atoms with E-state index in [0.29, 0.717) is 17.6 Å². The number of amides is 1. The molecule has 0 radical (unpaired) electrons. The molecule has 2 aliphatic heterocycles. The van der Waals surface area contributed by atoms with Gasteiger partial charge in [-0.2, -0.15) is 0 Å². The van der Waals surface area contributed by atoms with E-state index in [1.54, 1.807) is 12.1 Å². The first-order chi connectivity index (χ1) is 12.6. The number of carbonyl (C=O) groups is 1. The summed E-state index contributed by atoms with van der Waals surface area (Å²) in [6, 6.07) is 6.20. The molecule has 0 aromatic heterocycles. The minimum absolute atomic E-state index is 0.257. The number of quaternary nitrogens is 1. The standard InChI is InChI=1S/C19H27FN4OS/c20-16-5-7-17(8-6-16)21-19(26)24-13-11-22(12-14-24)15-18(25)23-9-3-1-2-4-10-23/h5-8H,1-4,9-15H2,(H,21,26)/p+1. The molecule has 0 saturated carbocycles. The van der Waals surface area contributed by atoms with Gasteiger partial charge in [0, 0.05) is 18.8 Å². The molecule has 1 aromatic carbocycles. The van der Waals surface area contributed by atoms with E-state index in [9.17, 15) is 9.18 Å². The van der Waals surface area contributed by atoms with E-state index in [1.165, 1.54) is 29.9 Å². The van der Waals surface area contributed by atoms with Gasteiger partial charge in [0.1, 0.15) is 5.82 Å². The van der Waals surface area contributed by atoms with Crippen molar-refractivity contribution in [3.05, 3.63) is 30.1 Å². The first-order valence-corrected chi connectivity index (χ1v) is 9.95. The number of carbonyl (C=O) groups excluding carboxylic acids is 1. The van der Waals surface area contributed by atoms with Gasteiger partial charge in [-0.25, -0.2) is 4.39 Å². The molecule has 2 heterocycles. The smallest absolute Gasteiger partial charge is 0.277 e. The van der Waals surface area contributed by atoms with Crippen LogP contribution in [0.25, 0.3) is 0 Å². The van der Waals surface area contributed by atoms with Crippen LogP contribution in [-0.2, 0) is 4.79 Å². The first kappa shape index (κ1) is 19.0. The minimum atomic E-state index is -0.257. The molecule has 2 fully saturated rings. The highest BCUT2D eigenvalue weighted by molar-refractivity contribution is 7.80. The summed E-state index contributed by atoms with van der Waals surface area (Å²) in [5, 5.41) is 3.82. The van der Waals surface area contributed by atoms with Crippen LogP contribution in [0.5, 0.6) is 0 Å². The highest BCUT2D eigenvalue weighted by atomic mass is 32.1. The second-order valence-corrected chi connectivity index (χ2v) is 7.53. The highest BCUT2D eigenvalue weighted by Crippen LogP contribution is 2.10. The summed E-state index contributed by atoms with van der Waals surface area (Å²) in [6.07, 6.45) is 4.76. The third-order valence-corrected chi connectivity index (χ3v) is 5.57. The van der Waals surface area contributed by atoms with Crippen LogP contribution in [0.3, 0.4) is 0 Å². The molecule has 7 heteroatoms. The van der Waals surface area contributed by atoms with Crippen LogP contribution in [0.1, 0.15) is 25.7 Å². The second kappa shape index (κ2) is 9.28. The zero-order valence-electron chi connectivity index (χ0n) is 15.2. The molecule has 0 atom stereocenters. The third-order valence-electron chi connectivity index (χ3n) is 5.21. The van der Waals surface area contributed by atoms with E-state index in [0.717, 1.165) is 57.8 Å². The van der Waals surface area contributed by atoms with E-state index in [-0.39, 0.29) is 5.82 Å². The molecule has 5 nitrogen and oxygen atoms in total. The summed E-state index contributed by atoms with van der Waals surface area (Å²) in [7, 11) is 0. The average Bonchev–Trinajstić information content (AvgIpc) is 2.94. The number of rotatable bonds is 3. The summed E-state index contributed by atoms with van der Waals surface area (Å²) in [4.78, 5) is 18.0. The van der Waals surface area contributed by atoms with E-state index in [4.69, 9.17) is 12.2 Å². The Morgan fingerprint density at radius 1 is 1.00 bits per heavy atom. The number of halogens is 1. The summed E-state index contributed by atoms with van der Waals surface area (Å²) in [5.74, 6) is 0.0372. The molecule has 142 valence electrons. The number of likely N-dealkylation sites (tertiary alicyclic amines) is 1. The number of hydrogen-bond acceptors (Lipinski definition) is 2. The van der Waals surface area contributed by atoms with Crippen LogP contribution < -0.4 is 10.2 Å². The topological polar surface area (TPSA) is 40.0 Å². The molecule has 2 saturated heterocycles. The van der Waals surface area contributed by atoms with Gasteiger partial charge in [0.15, 0.2) is 11.7 Å². The van der Waals surface area contributed by atoms with Gasteiger partial charge in [0.2, 0.25) is 0 Å². The molecule has 0 unspecified atom stereocenters. The fourth-order valence-electron chi connectivity index (χ4n) is 3.58. The Bertz CT molecular complexity index is 608. The monoisotopic (exact) mass is 379 g/mol. The van der Waals surface area contributed by atoms with Crippen LogP contribution in [-0.4, -0.2) is 66.6 Å². The molecule has 26 heavy (non-hydrogen) atoms. The fraction of sp³-hybridized carbons (Fsp3) is 0.579. The van der Waals surface area contributed by atoms with Gasteiger partial charge in [-0.1, -0.05) is 12.8 Å². The predicted molar refractivity (Wildman–Crippen MR) is 105 cm³/mol. The van der Waals surface area contributed by atoms with Gasteiger partial charge in [-0.3, -0.25) is 4.79 Å². The molecule has 2 aliphatic rings. The Morgan fingerprint density at radius 3 is 2.23 bits per heavy atom. The molecular weight excluding hydrogens is 351 g/mol. The SMILES string of the molecule is O=C(C[NH+]1CCN(C(=S)Nc2ccc(F)cc2)CC1)N1CCCCCC1. The quantitative estimate of drug-likeness (QED) is 0.773. The van der Waals surface area contributed by atoms with Gasteiger partial charge >= 0.3 is 0 Å². The van der Waals surface area contributed by atoms with E-state index >= 15 is 0 Å². The van der Waals surface area contributed by atoms with Crippen molar-refractivity contribution in [2.75, 3.05) is 51.1 Å². The zero-order valence-corrected chi connectivity index (χ0v) is 16.0. The molecule has 0 aliphatic carbocycles.